The van der Waals surface area contributed by atoms with Gasteiger partial charge < -0.3 is 10.6 Å². The molecule has 2 nitrogen and oxygen atoms in total. The summed E-state index contributed by atoms with van der Waals surface area (Å²) in [6, 6.07) is 0.931. The second kappa shape index (κ2) is 3.82. The Morgan fingerprint density at radius 1 is 1.36 bits per heavy atom. The zero-order valence-corrected chi connectivity index (χ0v) is 9.63. The first-order chi connectivity index (χ1) is 6.54. The molecule has 2 unspecified atom stereocenters. The first-order valence-electron chi connectivity index (χ1n) is 6.07. The molecule has 0 aromatic carbocycles. The molecule has 1 aliphatic carbocycles. The quantitative estimate of drug-likeness (QED) is 0.745. The van der Waals surface area contributed by atoms with Crippen molar-refractivity contribution in [2.45, 2.75) is 57.5 Å². The summed E-state index contributed by atoms with van der Waals surface area (Å²) in [5.74, 6) is 1.03. The van der Waals surface area contributed by atoms with E-state index in [1.165, 1.54) is 38.8 Å². The Balaban J connectivity index is 1.67. The van der Waals surface area contributed by atoms with E-state index in [9.17, 15) is 0 Å². The van der Waals surface area contributed by atoms with Crippen LogP contribution in [0.15, 0.2) is 0 Å². The molecule has 2 atom stereocenters. The molecule has 14 heavy (non-hydrogen) atoms. The van der Waals surface area contributed by atoms with E-state index in [1.54, 1.807) is 0 Å². The summed E-state index contributed by atoms with van der Waals surface area (Å²) in [6.45, 7) is 6.91. The SMILES string of the molecule is CC(C)(N)CCCN1CC2CCC1C2. The van der Waals surface area contributed by atoms with Gasteiger partial charge in [0.15, 0.2) is 0 Å². The highest BCUT2D eigenvalue weighted by atomic mass is 15.2. The molecule has 0 radical (unpaired) electrons. The average molecular weight is 196 g/mol. The first-order valence-corrected chi connectivity index (χ1v) is 6.07. The van der Waals surface area contributed by atoms with Crippen molar-refractivity contribution in [2.24, 2.45) is 11.7 Å². The van der Waals surface area contributed by atoms with Crippen LogP contribution in [0.2, 0.25) is 0 Å². The maximum atomic E-state index is 5.98. The largest absolute Gasteiger partial charge is 0.326 e. The van der Waals surface area contributed by atoms with E-state index in [1.807, 2.05) is 0 Å². The lowest BCUT2D eigenvalue weighted by Gasteiger charge is -2.28. The van der Waals surface area contributed by atoms with Gasteiger partial charge in [-0.3, -0.25) is 0 Å². The minimum Gasteiger partial charge on any atom is -0.326 e. The molecule has 0 aromatic heterocycles. The van der Waals surface area contributed by atoms with Gasteiger partial charge in [0.05, 0.1) is 0 Å². The van der Waals surface area contributed by atoms with Gasteiger partial charge in [-0.1, -0.05) is 0 Å². The van der Waals surface area contributed by atoms with E-state index in [4.69, 9.17) is 5.73 Å². The lowest BCUT2D eigenvalue weighted by atomic mass is 9.99. The monoisotopic (exact) mass is 196 g/mol. The molecule has 0 aromatic rings. The van der Waals surface area contributed by atoms with Crippen molar-refractivity contribution in [2.75, 3.05) is 13.1 Å². The van der Waals surface area contributed by atoms with Crippen LogP contribution in [0.4, 0.5) is 0 Å². The van der Waals surface area contributed by atoms with E-state index in [0.717, 1.165) is 18.4 Å². The summed E-state index contributed by atoms with van der Waals surface area (Å²) >= 11 is 0. The molecule has 1 aliphatic heterocycles. The zero-order chi connectivity index (χ0) is 10.2. The fourth-order valence-electron chi connectivity index (χ4n) is 3.04. The molecule has 2 N–H and O–H groups in total. The van der Waals surface area contributed by atoms with Gasteiger partial charge in [-0.15, -0.1) is 0 Å². The summed E-state index contributed by atoms with van der Waals surface area (Å²) < 4.78 is 0. The Morgan fingerprint density at radius 2 is 2.14 bits per heavy atom. The third-order valence-electron chi connectivity index (χ3n) is 3.79. The standard InChI is InChI=1S/C12H24N2/c1-12(2,13)6-3-7-14-9-10-4-5-11(14)8-10/h10-11H,3-9,13H2,1-2H3. The molecule has 2 heteroatoms. The van der Waals surface area contributed by atoms with Gasteiger partial charge in [-0.05, 0) is 58.4 Å². The fourth-order valence-corrected chi connectivity index (χ4v) is 3.04. The summed E-state index contributed by atoms with van der Waals surface area (Å²) in [5.41, 5.74) is 6.00. The maximum absolute atomic E-state index is 5.98. The third kappa shape index (κ3) is 2.48. The number of nitrogens with zero attached hydrogens (tertiary/aromatic N) is 1. The zero-order valence-electron chi connectivity index (χ0n) is 9.63. The number of hydrogen-bond acceptors (Lipinski definition) is 2. The summed E-state index contributed by atoms with van der Waals surface area (Å²) in [4.78, 5) is 2.69. The Kier molecular flexibility index (Phi) is 2.85. The van der Waals surface area contributed by atoms with Crippen molar-refractivity contribution in [1.82, 2.24) is 4.90 Å². The number of rotatable bonds is 4. The Bertz CT molecular complexity index is 195. The normalized spacial score (nSPS) is 32.8. The van der Waals surface area contributed by atoms with E-state index in [2.05, 4.69) is 18.7 Å². The minimum absolute atomic E-state index is 0.0265. The lowest BCUT2D eigenvalue weighted by molar-refractivity contribution is 0.205. The predicted molar refractivity (Wildman–Crippen MR) is 60.2 cm³/mol. The van der Waals surface area contributed by atoms with Crippen LogP contribution in [0, 0.1) is 5.92 Å². The van der Waals surface area contributed by atoms with Crippen molar-refractivity contribution in [3.63, 3.8) is 0 Å². The van der Waals surface area contributed by atoms with Crippen LogP contribution in [-0.4, -0.2) is 29.6 Å². The molecule has 0 amide bonds. The topological polar surface area (TPSA) is 29.3 Å². The second-order valence-electron chi connectivity index (χ2n) is 5.92. The van der Waals surface area contributed by atoms with Crippen LogP contribution < -0.4 is 5.73 Å². The summed E-state index contributed by atoms with van der Waals surface area (Å²) in [7, 11) is 0. The van der Waals surface area contributed by atoms with Crippen molar-refractivity contribution in [1.29, 1.82) is 0 Å². The van der Waals surface area contributed by atoms with Gasteiger partial charge in [0, 0.05) is 18.1 Å². The van der Waals surface area contributed by atoms with Gasteiger partial charge in [-0.25, -0.2) is 0 Å². The molecule has 82 valence electrons. The molecule has 2 fully saturated rings. The molecule has 1 saturated heterocycles. The average Bonchev–Trinajstić information content (AvgIpc) is 2.62. The summed E-state index contributed by atoms with van der Waals surface area (Å²) in [6.07, 6.45) is 6.85. The van der Waals surface area contributed by atoms with Gasteiger partial charge in [0.1, 0.15) is 0 Å². The summed E-state index contributed by atoms with van der Waals surface area (Å²) in [5, 5.41) is 0. The van der Waals surface area contributed by atoms with E-state index >= 15 is 0 Å². The Labute approximate surface area is 87.8 Å². The molecule has 2 aliphatic rings. The van der Waals surface area contributed by atoms with Crippen LogP contribution in [0.5, 0.6) is 0 Å². The number of nitrogens with two attached hydrogens (primary N) is 1. The highest BCUT2D eigenvalue weighted by Crippen LogP contribution is 2.37. The highest BCUT2D eigenvalue weighted by molar-refractivity contribution is 4.92. The molecule has 0 spiro atoms. The molecular weight excluding hydrogens is 172 g/mol. The van der Waals surface area contributed by atoms with E-state index in [-0.39, 0.29) is 5.54 Å². The van der Waals surface area contributed by atoms with Gasteiger partial charge >= 0.3 is 0 Å². The van der Waals surface area contributed by atoms with Crippen LogP contribution in [0.25, 0.3) is 0 Å². The van der Waals surface area contributed by atoms with Crippen LogP contribution in [-0.2, 0) is 0 Å². The van der Waals surface area contributed by atoms with Crippen molar-refractivity contribution >= 4 is 0 Å². The molecule has 2 rings (SSSR count). The number of hydrogen-bond donors (Lipinski definition) is 1. The molecule has 2 bridgehead atoms. The third-order valence-corrected chi connectivity index (χ3v) is 3.79. The maximum Gasteiger partial charge on any atom is 0.00985 e. The van der Waals surface area contributed by atoms with E-state index < -0.39 is 0 Å². The van der Waals surface area contributed by atoms with Gasteiger partial charge in [0.25, 0.3) is 0 Å². The number of likely N-dealkylation sites (tertiary alicyclic amines) is 1. The molecular formula is C12H24N2. The van der Waals surface area contributed by atoms with Gasteiger partial charge in [-0.2, -0.15) is 0 Å². The minimum atomic E-state index is 0.0265. The van der Waals surface area contributed by atoms with Crippen LogP contribution in [0.1, 0.15) is 46.0 Å². The highest BCUT2D eigenvalue weighted by Gasteiger charge is 2.37. The smallest absolute Gasteiger partial charge is 0.00985 e. The van der Waals surface area contributed by atoms with Crippen molar-refractivity contribution < 1.29 is 0 Å². The van der Waals surface area contributed by atoms with E-state index in [0.29, 0.717) is 0 Å². The fraction of sp³-hybridized carbons (Fsp3) is 1.00. The lowest BCUT2D eigenvalue weighted by Crippen LogP contribution is -2.36. The Morgan fingerprint density at radius 3 is 2.64 bits per heavy atom. The van der Waals surface area contributed by atoms with Gasteiger partial charge in [0.2, 0.25) is 0 Å². The van der Waals surface area contributed by atoms with Crippen molar-refractivity contribution in [3.05, 3.63) is 0 Å². The second-order valence-corrected chi connectivity index (χ2v) is 5.92. The Hall–Kier alpha value is -0.0800. The molecule has 1 heterocycles. The molecule has 1 saturated carbocycles. The number of piperidine rings is 1. The van der Waals surface area contributed by atoms with Crippen molar-refractivity contribution in [3.8, 4) is 0 Å². The van der Waals surface area contributed by atoms with Crippen LogP contribution >= 0.6 is 0 Å². The van der Waals surface area contributed by atoms with Crippen LogP contribution in [0.3, 0.4) is 0 Å². The predicted octanol–water partition coefficient (Wildman–Crippen LogP) is 1.99. The first kappa shape index (κ1) is 10.4. The number of fused-ring (bicyclic) bond motifs is 2.